The minimum absolute atomic E-state index is 0. The van der Waals surface area contributed by atoms with Crippen molar-refractivity contribution in [1.82, 2.24) is 10.6 Å². The average molecular weight is 301 g/mol. The molecule has 1 aliphatic heterocycles. The summed E-state index contributed by atoms with van der Waals surface area (Å²) >= 11 is 0. The molecule has 112 valence electrons. The largest absolute Gasteiger partial charge is 0.491 e. The second-order valence-corrected chi connectivity index (χ2v) is 4.60. The molecule has 0 unspecified atom stereocenters. The van der Waals surface area contributed by atoms with Crippen LogP contribution in [0, 0.1) is 5.92 Å². The Kier molecular flexibility index (Phi) is 7.36. The number of carbonyl (C=O) groups is 1. The number of hydrogen-bond acceptors (Lipinski definition) is 4. The molecule has 1 aliphatic rings. The molecule has 0 aliphatic carbocycles. The fourth-order valence-electron chi connectivity index (χ4n) is 1.78. The molecule has 6 heteroatoms. The summed E-state index contributed by atoms with van der Waals surface area (Å²) in [4.78, 5) is 11.9. The first kappa shape index (κ1) is 16.8. The van der Waals surface area contributed by atoms with Gasteiger partial charge in [0, 0.05) is 38.2 Å². The standard InChI is InChI=1S/C14H20N2O3.ClH/c1-18-6-7-19-13-4-2-12(3-5-13)14(17)16-10-11-8-15-9-11;/h2-5,11,15H,6-10H2,1H3,(H,16,17);1H. The maximum atomic E-state index is 11.9. The predicted octanol–water partition coefficient (Wildman–Crippen LogP) is 1.08. The van der Waals surface area contributed by atoms with Crippen molar-refractivity contribution in [2.24, 2.45) is 5.92 Å². The van der Waals surface area contributed by atoms with E-state index in [0.29, 0.717) is 24.7 Å². The van der Waals surface area contributed by atoms with Crippen LogP contribution < -0.4 is 15.4 Å². The first-order valence-electron chi connectivity index (χ1n) is 6.50. The van der Waals surface area contributed by atoms with E-state index < -0.39 is 0 Å². The number of hydrogen-bond donors (Lipinski definition) is 2. The number of nitrogens with one attached hydrogen (secondary N) is 2. The van der Waals surface area contributed by atoms with Crippen LogP contribution in [0.3, 0.4) is 0 Å². The molecule has 2 N–H and O–H groups in total. The van der Waals surface area contributed by atoms with Gasteiger partial charge in [0.05, 0.1) is 6.61 Å². The van der Waals surface area contributed by atoms with Crippen molar-refractivity contribution in [2.75, 3.05) is 40.0 Å². The first-order valence-corrected chi connectivity index (χ1v) is 6.50. The van der Waals surface area contributed by atoms with Gasteiger partial charge in [0.1, 0.15) is 12.4 Å². The Hall–Kier alpha value is -1.30. The number of rotatable bonds is 7. The van der Waals surface area contributed by atoms with Gasteiger partial charge in [-0.1, -0.05) is 0 Å². The maximum absolute atomic E-state index is 11.9. The van der Waals surface area contributed by atoms with Crippen LogP contribution in [0.1, 0.15) is 10.4 Å². The van der Waals surface area contributed by atoms with Gasteiger partial charge in [-0.15, -0.1) is 12.4 Å². The highest BCUT2D eigenvalue weighted by Crippen LogP contribution is 2.12. The van der Waals surface area contributed by atoms with Crippen molar-refractivity contribution in [3.8, 4) is 5.75 Å². The SMILES string of the molecule is COCCOc1ccc(C(=O)NCC2CNC2)cc1.Cl. The smallest absolute Gasteiger partial charge is 0.251 e. The summed E-state index contributed by atoms with van der Waals surface area (Å²) in [5.74, 6) is 1.28. The molecule has 1 fully saturated rings. The molecule has 0 bridgehead atoms. The number of amides is 1. The zero-order valence-electron chi connectivity index (χ0n) is 11.6. The van der Waals surface area contributed by atoms with Gasteiger partial charge in [-0.05, 0) is 24.3 Å². The highest BCUT2D eigenvalue weighted by Gasteiger charge is 2.17. The third kappa shape index (κ3) is 5.00. The quantitative estimate of drug-likeness (QED) is 0.740. The molecule has 1 amide bonds. The molecule has 0 radical (unpaired) electrons. The zero-order valence-corrected chi connectivity index (χ0v) is 12.4. The maximum Gasteiger partial charge on any atom is 0.251 e. The van der Waals surface area contributed by atoms with Crippen LogP contribution in [0.5, 0.6) is 5.75 Å². The van der Waals surface area contributed by atoms with Gasteiger partial charge in [0.15, 0.2) is 0 Å². The lowest BCUT2D eigenvalue weighted by Gasteiger charge is -2.27. The number of ether oxygens (including phenoxy) is 2. The topological polar surface area (TPSA) is 59.6 Å². The third-order valence-corrected chi connectivity index (χ3v) is 3.09. The molecular formula is C14H21ClN2O3. The summed E-state index contributed by atoms with van der Waals surface area (Å²) < 4.78 is 10.3. The summed E-state index contributed by atoms with van der Waals surface area (Å²) in [7, 11) is 1.63. The summed E-state index contributed by atoms with van der Waals surface area (Å²) in [6.07, 6.45) is 0. The van der Waals surface area contributed by atoms with Crippen molar-refractivity contribution >= 4 is 18.3 Å². The minimum atomic E-state index is -0.0321. The van der Waals surface area contributed by atoms with E-state index in [0.717, 1.165) is 25.4 Å². The Balaban J connectivity index is 0.00000200. The van der Waals surface area contributed by atoms with Crippen molar-refractivity contribution in [1.29, 1.82) is 0 Å². The monoisotopic (exact) mass is 300 g/mol. The van der Waals surface area contributed by atoms with Crippen LogP contribution >= 0.6 is 12.4 Å². The second-order valence-electron chi connectivity index (χ2n) is 4.60. The Morgan fingerprint density at radius 2 is 2.00 bits per heavy atom. The number of benzene rings is 1. The fourth-order valence-corrected chi connectivity index (χ4v) is 1.78. The van der Waals surface area contributed by atoms with E-state index in [9.17, 15) is 4.79 Å². The number of halogens is 1. The zero-order chi connectivity index (χ0) is 13.5. The van der Waals surface area contributed by atoms with E-state index in [1.54, 1.807) is 31.4 Å². The molecule has 20 heavy (non-hydrogen) atoms. The van der Waals surface area contributed by atoms with Gasteiger partial charge >= 0.3 is 0 Å². The molecule has 5 nitrogen and oxygen atoms in total. The molecule has 0 atom stereocenters. The van der Waals surface area contributed by atoms with Gasteiger partial charge in [-0.3, -0.25) is 4.79 Å². The van der Waals surface area contributed by atoms with Gasteiger partial charge in [-0.2, -0.15) is 0 Å². The lowest BCUT2D eigenvalue weighted by Crippen LogP contribution is -2.48. The van der Waals surface area contributed by atoms with Gasteiger partial charge in [0.25, 0.3) is 5.91 Å². The summed E-state index contributed by atoms with van der Waals surface area (Å²) in [6.45, 7) is 3.78. The lowest BCUT2D eigenvalue weighted by atomic mass is 10.0. The molecule has 1 aromatic carbocycles. The Labute approximate surface area is 125 Å². The van der Waals surface area contributed by atoms with E-state index in [1.807, 2.05) is 0 Å². The summed E-state index contributed by atoms with van der Waals surface area (Å²) in [6, 6.07) is 7.15. The van der Waals surface area contributed by atoms with Crippen LogP contribution in [-0.4, -0.2) is 45.9 Å². The molecule has 1 aromatic rings. The molecule has 0 saturated carbocycles. The molecule has 0 spiro atoms. The van der Waals surface area contributed by atoms with E-state index >= 15 is 0 Å². The van der Waals surface area contributed by atoms with Gasteiger partial charge in [0.2, 0.25) is 0 Å². The van der Waals surface area contributed by atoms with Crippen molar-refractivity contribution < 1.29 is 14.3 Å². The van der Waals surface area contributed by atoms with Crippen molar-refractivity contribution in [3.63, 3.8) is 0 Å². The summed E-state index contributed by atoms with van der Waals surface area (Å²) in [5, 5.41) is 6.11. The normalized spacial score (nSPS) is 14.1. The molecule has 1 saturated heterocycles. The Morgan fingerprint density at radius 3 is 2.55 bits per heavy atom. The number of carbonyl (C=O) groups excluding carboxylic acids is 1. The van der Waals surface area contributed by atoms with Crippen LogP contribution in [0.25, 0.3) is 0 Å². The third-order valence-electron chi connectivity index (χ3n) is 3.09. The van der Waals surface area contributed by atoms with Gasteiger partial charge in [-0.25, -0.2) is 0 Å². The first-order chi connectivity index (χ1) is 9.29. The number of methoxy groups -OCH3 is 1. The van der Waals surface area contributed by atoms with E-state index in [-0.39, 0.29) is 18.3 Å². The fraction of sp³-hybridized carbons (Fsp3) is 0.500. The molecular weight excluding hydrogens is 280 g/mol. The Morgan fingerprint density at radius 1 is 1.30 bits per heavy atom. The summed E-state index contributed by atoms with van der Waals surface area (Å²) in [5.41, 5.74) is 0.659. The molecule has 2 rings (SSSR count). The highest BCUT2D eigenvalue weighted by molar-refractivity contribution is 5.94. The highest BCUT2D eigenvalue weighted by atomic mass is 35.5. The van der Waals surface area contributed by atoms with E-state index in [1.165, 1.54) is 0 Å². The van der Waals surface area contributed by atoms with Crippen LogP contribution in [0.2, 0.25) is 0 Å². The van der Waals surface area contributed by atoms with E-state index in [2.05, 4.69) is 10.6 Å². The van der Waals surface area contributed by atoms with Crippen molar-refractivity contribution in [3.05, 3.63) is 29.8 Å². The van der Waals surface area contributed by atoms with Crippen LogP contribution in [0.4, 0.5) is 0 Å². The lowest BCUT2D eigenvalue weighted by molar-refractivity contribution is 0.0942. The van der Waals surface area contributed by atoms with Gasteiger partial charge < -0.3 is 20.1 Å². The molecule has 1 heterocycles. The van der Waals surface area contributed by atoms with Crippen molar-refractivity contribution in [2.45, 2.75) is 0 Å². The average Bonchev–Trinajstić information content (AvgIpc) is 2.38. The van der Waals surface area contributed by atoms with Crippen LogP contribution in [0.15, 0.2) is 24.3 Å². The Bertz CT molecular complexity index is 407. The predicted molar refractivity (Wildman–Crippen MR) is 79.8 cm³/mol. The van der Waals surface area contributed by atoms with Crippen LogP contribution in [-0.2, 0) is 4.74 Å². The molecule has 0 aromatic heterocycles. The second kappa shape index (κ2) is 8.79. The minimum Gasteiger partial charge on any atom is -0.491 e. The van der Waals surface area contributed by atoms with E-state index in [4.69, 9.17) is 9.47 Å².